The lowest BCUT2D eigenvalue weighted by atomic mass is 10.0. The Kier molecular flexibility index (Phi) is 5.34. The lowest BCUT2D eigenvalue weighted by Crippen LogP contribution is -2.08. The summed E-state index contributed by atoms with van der Waals surface area (Å²) < 4.78 is 19.8. The van der Waals surface area contributed by atoms with Crippen LogP contribution in [0.1, 0.15) is 34.1 Å². The van der Waals surface area contributed by atoms with E-state index in [4.69, 9.17) is 4.74 Å². The first-order chi connectivity index (χ1) is 14.6. The largest absolute Gasteiger partial charge is 0.481 e. The van der Waals surface area contributed by atoms with E-state index in [2.05, 4.69) is 30.2 Å². The highest BCUT2D eigenvalue weighted by atomic mass is 19.1. The SMILES string of the molecule is CCNc1ncnc2[nH]cc(C(=O)c3ccc(Cc4ccc(OC)nc4)nc3F)c12. The maximum atomic E-state index is 14.7. The highest BCUT2D eigenvalue weighted by Gasteiger charge is 2.22. The van der Waals surface area contributed by atoms with Crippen LogP contribution in [0.15, 0.2) is 43.0 Å². The second-order valence-corrected chi connectivity index (χ2v) is 6.53. The van der Waals surface area contributed by atoms with Crippen molar-refractivity contribution in [2.45, 2.75) is 13.3 Å². The third-order valence-electron chi connectivity index (χ3n) is 4.60. The number of anilines is 1. The number of nitrogens with one attached hydrogen (secondary N) is 2. The molecule has 0 bridgehead atoms. The first-order valence-corrected chi connectivity index (χ1v) is 9.35. The molecule has 0 aliphatic carbocycles. The Morgan fingerprint density at radius 3 is 2.73 bits per heavy atom. The second-order valence-electron chi connectivity index (χ2n) is 6.53. The summed E-state index contributed by atoms with van der Waals surface area (Å²) in [5.41, 5.74) is 2.02. The van der Waals surface area contributed by atoms with Crippen molar-refractivity contribution in [3.63, 3.8) is 0 Å². The van der Waals surface area contributed by atoms with Crippen LogP contribution in [-0.2, 0) is 6.42 Å². The topological polar surface area (TPSA) is 106 Å². The van der Waals surface area contributed by atoms with Gasteiger partial charge in [0.15, 0.2) is 5.78 Å². The Morgan fingerprint density at radius 2 is 2.03 bits per heavy atom. The molecule has 0 fully saturated rings. The number of hydrogen-bond acceptors (Lipinski definition) is 7. The van der Waals surface area contributed by atoms with Crippen molar-refractivity contribution < 1.29 is 13.9 Å². The van der Waals surface area contributed by atoms with Crippen LogP contribution in [0.2, 0.25) is 0 Å². The molecule has 4 aromatic rings. The smallest absolute Gasteiger partial charge is 0.224 e. The van der Waals surface area contributed by atoms with Crippen LogP contribution in [0.5, 0.6) is 5.88 Å². The molecule has 0 aliphatic rings. The molecule has 8 nitrogen and oxygen atoms in total. The molecule has 0 aliphatic heterocycles. The minimum Gasteiger partial charge on any atom is -0.481 e. The minimum atomic E-state index is -0.824. The van der Waals surface area contributed by atoms with Gasteiger partial charge in [0.05, 0.1) is 23.6 Å². The summed E-state index contributed by atoms with van der Waals surface area (Å²) in [5.74, 6) is -0.296. The Hall–Kier alpha value is -3.88. The molecule has 0 saturated heterocycles. The quantitative estimate of drug-likeness (QED) is 0.359. The molecule has 2 N–H and O–H groups in total. The van der Waals surface area contributed by atoms with Crippen LogP contribution in [0.25, 0.3) is 11.0 Å². The summed E-state index contributed by atoms with van der Waals surface area (Å²) in [4.78, 5) is 32.4. The fourth-order valence-corrected chi connectivity index (χ4v) is 3.17. The number of methoxy groups -OCH3 is 1. The summed E-state index contributed by atoms with van der Waals surface area (Å²) in [7, 11) is 1.54. The molecule has 4 heterocycles. The number of halogens is 1. The number of fused-ring (bicyclic) bond motifs is 1. The molecule has 30 heavy (non-hydrogen) atoms. The van der Waals surface area contributed by atoms with E-state index in [0.29, 0.717) is 41.4 Å². The highest BCUT2D eigenvalue weighted by Crippen LogP contribution is 2.26. The number of hydrogen-bond donors (Lipinski definition) is 2. The minimum absolute atomic E-state index is 0.112. The van der Waals surface area contributed by atoms with Gasteiger partial charge in [0.1, 0.15) is 17.8 Å². The van der Waals surface area contributed by atoms with Crippen molar-refractivity contribution in [3.05, 3.63) is 71.3 Å². The van der Waals surface area contributed by atoms with Crippen LogP contribution in [0, 0.1) is 5.95 Å². The molecule has 9 heteroatoms. The number of ketones is 1. The molecule has 0 atom stereocenters. The van der Waals surface area contributed by atoms with Gasteiger partial charge in [-0.15, -0.1) is 0 Å². The maximum absolute atomic E-state index is 14.7. The van der Waals surface area contributed by atoms with E-state index in [9.17, 15) is 9.18 Å². The average Bonchev–Trinajstić information content (AvgIpc) is 3.19. The molecule has 0 unspecified atom stereocenters. The molecular formula is C21H19FN6O2. The summed E-state index contributed by atoms with van der Waals surface area (Å²) in [6.45, 7) is 2.54. The van der Waals surface area contributed by atoms with Crippen LogP contribution < -0.4 is 10.1 Å². The van der Waals surface area contributed by atoms with Gasteiger partial charge in [-0.05, 0) is 24.6 Å². The van der Waals surface area contributed by atoms with Gasteiger partial charge in [-0.3, -0.25) is 4.79 Å². The lowest BCUT2D eigenvalue weighted by Gasteiger charge is -2.07. The summed E-state index contributed by atoms with van der Waals surface area (Å²) in [6.07, 6.45) is 4.94. The zero-order chi connectivity index (χ0) is 21.1. The predicted octanol–water partition coefficient (Wildman–Crippen LogP) is 3.15. The van der Waals surface area contributed by atoms with Crippen LogP contribution in [-0.4, -0.2) is 44.4 Å². The Balaban J connectivity index is 1.63. The van der Waals surface area contributed by atoms with E-state index in [0.717, 1.165) is 5.56 Å². The van der Waals surface area contributed by atoms with Crippen molar-refractivity contribution in [3.8, 4) is 5.88 Å². The molecule has 4 rings (SSSR count). The van der Waals surface area contributed by atoms with E-state index in [1.165, 1.54) is 25.7 Å². The van der Waals surface area contributed by atoms with Crippen molar-refractivity contribution in [1.82, 2.24) is 24.9 Å². The first kappa shape index (κ1) is 19.4. The molecule has 0 aromatic carbocycles. The summed E-state index contributed by atoms with van der Waals surface area (Å²) in [6, 6.07) is 6.65. The van der Waals surface area contributed by atoms with Gasteiger partial charge in [-0.2, -0.15) is 4.39 Å². The summed E-state index contributed by atoms with van der Waals surface area (Å²) in [5, 5.41) is 3.62. The molecule has 0 spiro atoms. The molecule has 0 radical (unpaired) electrons. The molecule has 4 aromatic heterocycles. The van der Waals surface area contributed by atoms with Crippen molar-refractivity contribution >= 4 is 22.6 Å². The van der Waals surface area contributed by atoms with Gasteiger partial charge >= 0.3 is 0 Å². The number of carbonyl (C=O) groups excluding carboxylic acids is 1. The molecule has 0 amide bonds. The Morgan fingerprint density at radius 1 is 1.17 bits per heavy atom. The number of rotatable bonds is 7. The fraction of sp³-hybridized carbons (Fsp3) is 0.190. The highest BCUT2D eigenvalue weighted by molar-refractivity contribution is 6.17. The van der Waals surface area contributed by atoms with Crippen molar-refractivity contribution in [2.75, 3.05) is 19.0 Å². The van der Waals surface area contributed by atoms with Crippen LogP contribution in [0.3, 0.4) is 0 Å². The number of ether oxygens (including phenoxy) is 1. The third kappa shape index (κ3) is 3.69. The number of aromatic amines is 1. The second kappa shape index (κ2) is 8.24. The zero-order valence-corrected chi connectivity index (χ0v) is 16.4. The normalized spacial score (nSPS) is 10.9. The molecule has 0 saturated carbocycles. The molecule has 152 valence electrons. The zero-order valence-electron chi connectivity index (χ0n) is 16.4. The van der Waals surface area contributed by atoms with Gasteiger partial charge in [-0.25, -0.2) is 19.9 Å². The van der Waals surface area contributed by atoms with E-state index >= 15 is 0 Å². The number of H-pyrrole nitrogens is 1. The number of nitrogens with zero attached hydrogens (tertiary/aromatic N) is 4. The van der Waals surface area contributed by atoms with Crippen LogP contribution >= 0.6 is 0 Å². The van der Waals surface area contributed by atoms with E-state index < -0.39 is 11.7 Å². The van der Waals surface area contributed by atoms with Crippen LogP contribution in [0.4, 0.5) is 10.2 Å². The van der Waals surface area contributed by atoms with E-state index in [1.54, 1.807) is 18.3 Å². The van der Waals surface area contributed by atoms with Gasteiger partial charge in [0.2, 0.25) is 11.8 Å². The van der Waals surface area contributed by atoms with Crippen molar-refractivity contribution in [2.24, 2.45) is 0 Å². The summed E-state index contributed by atoms with van der Waals surface area (Å²) >= 11 is 0. The van der Waals surface area contributed by atoms with Gasteiger partial charge in [0.25, 0.3) is 0 Å². The standard InChI is InChI=1S/C21H19FN6O2/c1-3-23-20-17-15(10-25-21(17)27-11-26-20)18(29)14-6-5-13(28-19(14)22)8-12-4-7-16(30-2)24-9-12/h4-7,9-11H,3,8H2,1-2H3,(H2,23,25,26,27). The van der Waals surface area contributed by atoms with Crippen molar-refractivity contribution in [1.29, 1.82) is 0 Å². The predicted molar refractivity (Wildman–Crippen MR) is 109 cm³/mol. The van der Waals surface area contributed by atoms with Gasteiger partial charge in [0, 0.05) is 37.1 Å². The number of pyridine rings is 2. The van der Waals surface area contributed by atoms with E-state index in [1.807, 2.05) is 13.0 Å². The van der Waals surface area contributed by atoms with Gasteiger partial charge in [-0.1, -0.05) is 6.07 Å². The third-order valence-corrected chi connectivity index (χ3v) is 4.60. The lowest BCUT2D eigenvalue weighted by molar-refractivity contribution is 0.103. The number of aromatic nitrogens is 5. The average molecular weight is 406 g/mol. The maximum Gasteiger partial charge on any atom is 0.224 e. The Labute approximate surface area is 171 Å². The fourth-order valence-electron chi connectivity index (χ4n) is 3.17. The first-order valence-electron chi connectivity index (χ1n) is 9.35. The monoisotopic (exact) mass is 406 g/mol. The van der Waals surface area contributed by atoms with Gasteiger partial charge < -0.3 is 15.0 Å². The Bertz CT molecular complexity index is 1210. The molecular weight excluding hydrogens is 387 g/mol. The number of carbonyl (C=O) groups is 1. The van der Waals surface area contributed by atoms with E-state index in [-0.39, 0.29) is 11.1 Å².